The van der Waals surface area contributed by atoms with Crippen LogP contribution in [0.4, 0.5) is 0 Å². The van der Waals surface area contributed by atoms with E-state index in [1.165, 1.54) is 18.6 Å². The Labute approximate surface area is 395 Å². The number of aliphatic carboxylic acids is 1. The van der Waals surface area contributed by atoms with Crippen molar-refractivity contribution in [2.45, 2.75) is 227 Å². The number of carbonyl (C=O) groups is 4. The lowest BCUT2D eigenvalue weighted by atomic mass is 9.91. The normalized spacial score (nSPS) is 11.7. The monoisotopic (exact) mass is 919 g/mol. The van der Waals surface area contributed by atoms with Crippen molar-refractivity contribution in [1.29, 1.82) is 0 Å². The number of esters is 3. The second-order valence-corrected chi connectivity index (χ2v) is 17.9. The Morgan fingerprint density at radius 2 is 1.03 bits per heavy atom. The highest BCUT2D eigenvalue weighted by Crippen LogP contribution is 2.41. The molecule has 1 unspecified atom stereocenters. The molecule has 0 fully saturated rings. The Balaban J connectivity index is 2.22. The van der Waals surface area contributed by atoms with Crippen LogP contribution in [0.5, 0.6) is 23.0 Å². The zero-order valence-electron chi connectivity index (χ0n) is 41.2. The van der Waals surface area contributed by atoms with Gasteiger partial charge in [0.25, 0.3) is 0 Å². The molecular formula is C55H82O11. The predicted octanol–water partition coefficient (Wildman–Crippen LogP) is 15.1. The number of benzene rings is 2. The third kappa shape index (κ3) is 20.1. The quantitative estimate of drug-likeness (QED) is 0.0334. The average Bonchev–Trinajstić information content (AvgIpc) is 3.29. The molecule has 0 saturated carbocycles. The van der Waals surface area contributed by atoms with Crippen LogP contribution in [0.3, 0.4) is 0 Å². The van der Waals surface area contributed by atoms with E-state index in [1.54, 1.807) is 18.2 Å². The Kier molecular flexibility index (Phi) is 27.8. The summed E-state index contributed by atoms with van der Waals surface area (Å²) in [5.41, 5.74) is 0.0290. The number of carboxylic acids is 1. The van der Waals surface area contributed by atoms with E-state index >= 15 is 0 Å². The van der Waals surface area contributed by atoms with Crippen LogP contribution in [-0.2, 0) is 19.2 Å². The van der Waals surface area contributed by atoms with E-state index < -0.39 is 41.0 Å². The lowest BCUT2D eigenvalue weighted by Crippen LogP contribution is -2.18. The Morgan fingerprint density at radius 1 is 0.545 bits per heavy atom. The van der Waals surface area contributed by atoms with E-state index in [0.29, 0.717) is 49.2 Å². The molecule has 11 heteroatoms. The third-order valence-electron chi connectivity index (χ3n) is 12.1. The number of hydrogen-bond acceptors (Lipinski definition) is 10. The average molecular weight is 919 g/mol. The minimum absolute atomic E-state index is 0.0309. The van der Waals surface area contributed by atoms with Gasteiger partial charge in [0.15, 0.2) is 5.76 Å². The molecule has 1 heterocycles. The van der Waals surface area contributed by atoms with Crippen LogP contribution < -0.4 is 24.4 Å². The van der Waals surface area contributed by atoms with Crippen molar-refractivity contribution in [1.82, 2.24) is 0 Å². The summed E-state index contributed by atoms with van der Waals surface area (Å²) in [5.74, 6) is -3.73. The number of carbonyl (C=O) groups excluding carboxylic acids is 3. The van der Waals surface area contributed by atoms with E-state index in [9.17, 15) is 29.1 Å². The smallest absolute Gasteiger partial charge is 0.311 e. The van der Waals surface area contributed by atoms with Gasteiger partial charge in [0.2, 0.25) is 11.2 Å². The molecule has 0 bridgehead atoms. The van der Waals surface area contributed by atoms with Crippen LogP contribution in [-0.4, -0.2) is 35.6 Å². The molecule has 1 N–H and O–H groups in total. The predicted molar refractivity (Wildman–Crippen MR) is 263 cm³/mol. The molecule has 1 aromatic heterocycles. The van der Waals surface area contributed by atoms with Gasteiger partial charge >= 0.3 is 23.9 Å². The van der Waals surface area contributed by atoms with Gasteiger partial charge in [0.05, 0.1) is 12.5 Å². The number of rotatable bonds is 37. The van der Waals surface area contributed by atoms with Crippen molar-refractivity contribution >= 4 is 34.8 Å². The summed E-state index contributed by atoms with van der Waals surface area (Å²) in [4.78, 5) is 67.7. The molecule has 3 aromatic rings. The summed E-state index contributed by atoms with van der Waals surface area (Å²) in [6.07, 6.45) is 24.4. The first-order chi connectivity index (χ1) is 32.1. The van der Waals surface area contributed by atoms with E-state index in [4.69, 9.17) is 23.4 Å². The van der Waals surface area contributed by atoms with Gasteiger partial charge < -0.3 is 28.5 Å². The second kappa shape index (κ2) is 32.9. The molecule has 0 radical (unpaired) electrons. The molecule has 1 atom stereocenters. The molecule has 0 saturated heterocycles. The van der Waals surface area contributed by atoms with Gasteiger partial charge in [-0.05, 0) is 38.2 Å². The summed E-state index contributed by atoms with van der Waals surface area (Å²) < 4.78 is 30.6. The van der Waals surface area contributed by atoms with E-state index in [2.05, 4.69) is 34.6 Å². The van der Waals surface area contributed by atoms with Gasteiger partial charge in [-0.1, -0.05) is 182 Å². The van der Waals surface area contributed by atoms with Crippen LogP contribution in [0, 0.1) is 0 Å². The lowest BCUT2D eigenvalue weighted by Gasteiger charge is -2.19. The SMILES string of the molecule is CCCCCCCCOc1cc(-c2oc3cc(OC(=O)CCCCCCC)cc(OC(=O)CCCCCCC)c3c(=O)c2OC(=O)CCCCCCC)ccc1C(CCCCCC)C(=O)O. The van der Waals surface area contributed by atoms with Gasteiger partial charge in [-0.15, -0.1) is 0 Å². The van der Waals surface area contributed by atoms with E-state index in [1.807, 2.05) is 0 Å². The molecule has 0 aliphatic rings. The molecule has 3 rings (SSSR count). The van der Waals surface area contributed by atoms with Gasteiger partial charge in [0, 0.05) is 42.5 Å². The van der Waals surface area contributed by atoms with Crippen molar-refractivity contribution in [3.63, 3.8) is 0 Å². The molecule has 2 aromatic carbocycles. The molecule has 0 spiro atoms. The Bertz CT molecular complexity index is 1960. The van der Waals surface area contributed by atoms with Crippen LogP contribution in [0.2, 0.25) is 0 Å². The van der Waals surface area contributed by atoms with Crippen molar-refractivity contribution < 1.29 is 47.6 Å². The maximum absolute atomic E-state index is 14.9. The fraction of sp³-hybridized carbons (Fsp3) is 0.655. The molecule has 368 valence electrons. The summed E-state index contributed by atoms with van der Waals surface area (Å²) in [6.45, 7) is 11.0. The van der Waals surface area contributed by atoms with Gasteiger partial charge in [0.1, 0.15) is 28.2 Å². The number of hydrogen-bond donors (Lipinski definition) is 1. The highest BCUT2D eigenvalue weighted by atomic mass is 16.6. The van der Waals surface area contributed by atoms with Crippen molar-refractivity contribution in [3.05, 3.63) is 46.1 Å². The fourth-order valence-electron chi connectivity index (χ4n) is 8.15. The summed E-state index contributed by atoms with van der Waals surface area (Å²) in [7, 11) is 0. The first-order valence-electron chi connectivity index (χ1n) is 25.8. The highest BCUT2D eigenvalue weighted by Gasteiger charge is 2.28. The highest BCUT2D eigenvalue weighted by molar-refractivity contribution is 5.92. The van der Waals surface area contributed by atoms with Crippen molar-refractivity contribution in [3.8, 4) is 34.3 Å². The summed E-state index contributed by atoms with van der Waals surface area (Å²) in [6, 6.07) is 7.77. The van der Waals surface area contributed by atoms with E-state index in [-0.39, 0.29) is 47.5 Å². The molecule has 0 aliphatic heterocycles. The minimum Gasteiger partial charge on any atom is -0.493 e. The van der Waals surface area contributed by atoms with E-state index in [0.717, 1.165) is 135 Å². The largest absolute Gasteiger partial charge is 0.493 e. The van der Waals surface area contributed by atoms with Gasteiger partial charge in [-0.2, -0.15) is 0 Å². The first-order valence-corrected chi connectivity index (χ1v) is 25.8. The number of carboxylic acid groups (broad SMARTS) is 1. The maximum atomic E-state index is 14.9. The van der Waals surface area contributed by atoms with Crippen LogP contribution in [0.1, 0.15) is 232 Å². The Hall–Kier alpha value is -4.67. The molecule has 0 amide bonds. The molecule has 11 nitrogen and oxygen atoms in total. The fourth-order valence-corrected chi connectivity index (χ4v) is 8.15. The molecular weight excluding hydrogens is 837 g/mol. The van der Waals surface area contributed by atoms with Crippen LogP contribution in [0.15, 0.2) is 39.5 Å². The topological polar surface area (TPSA) is 156 Å². The first kappa shape index (κ1) is 55.7. The van der Waals surface area contributed by atoms with Gasteiger partial charge in [-0.3, -0.25) is 24.0 Å². The van der Waals surface area contributed by atoms with Crippen LogP contribution >= 0.6 is 0 Å². The van der Waals surface area contributed by atoms with Crippen LogP contribution in [0.25, 0.3) is 22.3 Å². The number of fused-ring (bicyclic) bond motifs is 1. The standard InChI is InChI=1S/C55H82O11/c1-6-11-16-21-25-30-37-62-45-38-41(35-36-43(45)44(55(60)61)31-26-20-15-10-5)53-54(66-50(58)34-29-24-19-14-9-4)52(59)51-46(64-49(57)33-28-23-18-13-8-3)39-42(40-47(51)65-53)63-48(56)32-27-22-17-12-7-2/h35-36,38-40,44H,6-34,37H2,1-5H3,(H,60,61). The summed E-state index contributed by atoms with van der Waals surface area (Å²) in [5, 5.41) is 10.4. The van der Waals surface area contributed by atoms with Crippen molar-refractivity contribution in [2.24, 2.45) is 0 Å². The number of unbranched alkanes of at least 4 members (excludes halogenated alkanes) is 20. The number of ether oxygens (including phenoxy) is 4. The molecule has 0 aliphatic carbocycles. The lowest BCUT2D eigenvalue weighted by molar-refractivity contribution is -0.139. The molecule has 66 heavy (non-hydrogen) atoms. The maximum Gasteiger partial charge on any atom is 0.311 e. The van der Waals surface area contributed by atoms with Crippen molar-refractivity contribution in [2.75, 3.05) is 6.61 Å². The van der Waals surface area contributed by atoms with Gasteiger partial charge in [-0.25, -0.2) is 0 Å². The zero-order chi connectivity index (χ0) is 47.9. The minimum atomic E-state index is -0.958. The second-order valence-electron chi connectivity index (χ2n) is 17.9. The zero-order valence-corrected chi connectivity index (χ0v) is 41.2. The third-order valence-corrected chi connectivity index (χ3v) is 12.1. The Morgan fingerprint density at radius 3 is 1.58 bits per heavy atom. The summed E-state index contributed by atoms with van der Waals surface area (Å²) >= 11 is 0.